The van der Waals surface area contributed by atoms with Crippen molar-refractivity contribution in [2.45, 2.75) is 48.8 Å². The second-order valence-electron chi connectivity index (χ2n) is 9.15. The summed E-state index contributed by atoms with van der Waals surface area (Å²) in [5.74, 6) is 0. The first-order chi connectivity index (χ1) is 18.4. The van der Waals surface area contributed by atoms with Crippen molar-refractivity contribution < 1.29 is 36.5 Å². The van der Waals surface area contributed by atoms with E-state index in [9.17, 15) is 13.0 Å². The molecule has 0 aliphatic carbocycles. The van der Waals surface area contributed by atoms with Crippen LogP contribution in [0.15, 0.2) is 89.8 Å². The molecule has 0 amide bonds. The minimum absolute atomic E-state index is 0.0737. The van der Waals surface area contributed by atoms with Crippen LogP contribution in [0.2, 0.25) is 0 Å². The molecule has 2 aliphatic rings. The molecule has 0 aromatic heterocycles. The summed E-state index contributed by atoms with van der Waals surface area (Å²) in [6, 6.07) is 23.5. The molecule has 5 rings (SSSR count). The zero-order valence-electron chi connectivity index (χ0n) is 20.9. The fourth-order valence-corrected chi connectivity index (χ4v) is 6.91. The highest BCUT2D eigenvalue weighted by atomic mass is 32.2. The molecule has 9 nitrogen and oxygen atoms in total. The molecule has 3 aromatic rings. The van der Waals surface area contributed by atoms with Gasteiger partial charge in [0.25, 0.3) is 0 Å². The number of fused-ring (bicyclic) bond motifs is 1. The first-order valence-corrected chi connectivity index (χ1v) is 15.0. The third-order valence-electron chi connectivity index (χ3n) is 6.52. The van der Waals surface area contributed by atoms with Crippen LogP contribution in [-0.4, -0.2) is 52.8 Å². The average Bonchev–Trinajstić information content (AvgIpc) is 2.94. The Bertz CT molecular complexity index is 1340. The van der Waals surface area contributed by atoms with E-state index in [1.165, 1.54) is 19.2 Å². The fraction of sp³-hybridized carbons (Fsp3) is 0.333. The third kappa shape index (κ3) is 5.93. The molecule has 2 heterocycles. The molecular formula is C27H30NO8PS. The van der Waals surface area contributed by atoms with Gasteiger partial charge in [-0.2, -0.15) is 0 Å². The van der Waals surface area contributed by atoms with Gasteiger partial charge in [0, 0.05) is 18.0 Å². The fourth-order valence-electron chi connectivity index (χ4n) is 4.55. The molecule has 0 bridgehead atoms. The second kappa shape index (κ2) is 11.8. The van der Waals surface area contributed by atoms with E-state index in [1.54, 1.807) is 36.4 Å². The van der Waals surface area contributed by atoms with Crippen molar-refractivity contribution in [2.24, 2.45) is 0 Å². The summed E-state index contributed by atoms with van der Waals surface area (Å²) in [6.45, 7) is 2.02. The van der Waals surface area contributed by atoms with Crippen molar-refractivity contribution in [3.63, 3.8) is 0 Å². The molecule has 3 aromatic carbocycles. The topological polar surface area (TPSA) is 109 Å². The number of methoxy groups -OCH3 is 1. The average molecular weight is 560 g/mol. The first-order valence-electron chi connectivity index (χ1n) is 12.2. The van der Waals surface area contributed by atoms with Gasteiger partial charge in [-0.05, 0) is 31.2 Å². The van der Waals surface area contributed by atoms with E-state index in [0.29, 0.717) is 5.30 Å². The molecule has 38 heavy (non-hydrogen) atoms. The molecule has 0 radical (unpaired) electrons. The predicted molar refractivity (Wildman–Crippen MR) is 141 cm³/mol. The number of sulfonamides is 1. The van der Waals surface area contributed by atoms with Gasteiger partial charge >= 0.3 is 0 Å². The highest BCUT2D eigenvalue weighted by molar-refractivity contribution is 7.89. The number of benzene rings is 3. The van der Waals surface area contributed by atoms with Crippen molar-refractivity contribution in [3.05, 3.63) is 96.1 Å². The third-order valence-corrected chi connectivity index (χ3v) is 9.28. The summed E-state index contributed by atoms with van der Waals surface area (Å²) in [5.41, 5.74) is 1.71. The van der Waals surface area contributed by atoms with Crippen molar-refractivity contribution >= 4 is 23.4 Å². The summed E-state index contributed by atoms with van der Waals surface area (Å²) in [6.07, 6.45) is -4.24. The van der Waals surface area contributed by atoms with E-state index in [1.807, 2.05) is 43.3 Å². The highest BCUT2D eigenvalue weighted by Crippen LogP contribution is 2.39. The number of nitrogens with one attached hydrogen (secondary N) is 1. The first kappa shape index (κ1) is 27.2. The van der Waals surface area contributed by atoms with Gasteiger partial charge in [-0.3, -0.25) is 4.57 Å². The number of hydrogen-bond donors (Lipinski definition) is 1. The number of rotatable bonds is 8. The molecule has 2 aliphatic heterocycles. The van der Waals surface area contributed by atoms with Crippen molar-refractivity contribution in [1.29, 1.82) is 0 Å². The predicted octanol–water partition coefficient (Wildman–Crippen LogP) is 3.31. The van der Waals surface area contributed by atoms with Gasteiger partial charge in [0.15, 0.2) is 12.6 Å². The Kier molecular flexibility index (Phi) is 8.42. The Morgan fingerprint density at radius 1 is 0.921 bits per heavy atom. The molecule has 2 fully saturated rings. The minimum atomic E-state index is -4.02. The molecular weight excluding hydrogens is 529 g/mol. The van der Waals surface area contributed by atoms with E-state index in [2.05, 4.69) is 4.72 Å². The maximum absolute atomic E-state index is 13.4. The lowest BCUT2D eigenvalue weighted by atomic mass is 9.96. The summed E-state index contributed by atoms with van der Waals surface area (Å²) in [7, 11) is -5.42. The van der Waals surface area contributed by atoms with Crippen molar-refractivity contribution in [2.75, 3.05) is 13.7 Å². The van der Waals surface area contributed by atoms with Crippen molar-refractivity contribution in [3.8, 4) is 0 Å². The highest BCUT2D eigenvalue weighted by Gasteiger charge is 2.52. The number of ether oxygens (including phenoxy) is 4. The SMILES string of the molecule is CO[C@H]1O[C@@H]2CO[C@@H](c3ccccc3)O[C@H]2[C@H](O[P@@H](=O)c2ccccc2)[C@H]1NS(=O)(=O)c1ccc(C)cc1. The second-order valence-corrected chi connectivity index (χ2v) is 12.3. The minimum Gasteiger partial charge on any atom is -0.354 e. The van der Waals surface area contributed by atoms with Gasteiger partial charge in [-0.15, -0.1) is 0 Å². The lowest BCUT2D eigenvalue weighted by Crippen LogP contribution is -2.67. The van der Waals surface area contributed by atoms with E-state index < -0.39 is 55.0 Å². The monoisotopic (exact) mass is 559 g/mol. The molecule has 2 saturated heterocycles. The molecule has 1 N–H and O–H groups in total. The van der Waals surface area contributed by atoms with E-state index in [4.69, 9.17) is 23.5 Å². The lowest BCUT2D eigenvalue weighted by Gasteiger charge is -2.48. The maximum atomic E-state index is 13.4. The van der Waals surface area contributed by atoms with Gasteiger partial charge in [-0.25, -0.2) is 13.1 Å². The van der Waals surface area contributed by atoms with E-state index in [-0.39, 0.29) is 11.5 Å². The Balaban J connectivity index is 1.49. The molecule has 7 atom stereocenters. The zero-order valence-corrected chi connectivity index (χ0v) is 22.7. The summed E-state index contributed by atoms with van der Waals surface area (Å²) >= 11 is 0. The van der Waals surface area contributed by atoms with Crippen LogP contribution in [0.4, 0.5) is 0 Å². The Hall–Kier alpha value is -2.40. The van der Waals surface area contributed by atoms with Gasteiger partial charge < -0.3 is 23.5 Å². The number of aryl methyl sites for hydroxylation is 1. The molecule has 11 heteroatoms. The summed E-state index contributed by atoms with van der Waals surface area (Å²) < 4.78 is 72.9. The summed E-state index contributed by atoms with van der Waals surface area (Å²) in [5, 5.41) is 0.501. The Morgan fingerprint density at radius 2 is 1.58 bits per heavy atom. The summed E-state index contributed by atoms with van der Waals surface area (Å²) in [4.78, 5) is 0.0737. The molecule has 0 unspecified atom stereocenters. The van der Waals surface area contributed by atoms with Crippen LogP contribution >= 0.6 is 8.03 Å². The van der Waals surface area contributed by atoms with Crippen LogP contribution in [0, 0.1) is 6.92 Å². The van der Waals surface area contributed by atoms with Gasteiger partial charge in [0.1, 0.15) is 24.4 Å². The van der Waals surface area contributed by atoms with Gasteiger partial charge in [-0.1, -0.05) is 66.2 Å². The Labute approximate surface area is 222 Å². The van der Waals surface area contributed by atoms with Crippen molar-refractivity contribution in [1.82, 2.24) is 4.72 Å². The lowest BCUT2D eigenvalue weighted by molar-refractivity contribution is -0.337. The standard InChI is InChI=1S/C27H30NO8PS/c1-18-13-15-21(16-14-18)38(30,31)28-23-25(36-37(29)20-11-7-4-8-12-20)24-22(34-27(23)32-2)17-33-26(35-24)19-9-5-3-6-10-19/h3-16,22-28,37H,17H2,1-2H3/t22-,23-,24-,25-,26-,27+/m1/s1. The maximum Gasteiger partial charge on any atom is 0.241 e. The van der Waals surface area contributed by atoms with Crippen LogP contribution in [-0.2, 0) is 38.1 Å². The van der Waals surface area contributed by atoms with E-state index >= 15 is 0 Å². The molecule has 0 spiro atoms. The molecule has 0 saturated carbocycles. The Morgan fingerprint density at radius 3 is 2.24 bits per heavy atom. The van der Waals surface area contributed by atoms with Gasteiger partial charge in [0.2, 0.25) is 18.1 Å². The smallest absolute Gasteiger partial charge is 0.241 e. The molecule has 202 valence electrons. The van der Waals surface area contributed by atoms with Crippen LogP contribution in [0.5, 0.6) is 0 Å². The van der Waals surface area contributed by atoms with Crippen LogP contribution in [0.3, 0.4) is 0 Å². The van der Waals surface area contributed by atoms with Crippen LogP contribution in [0.1, 0.15) is 17.4 Å². The van der Waals surface area contributed by atoms with Crippen LogP contribution < -0.4 is 10.0 Å². The largest absolute Gasteiger partial charge is 0.354 e. The van der Waals surface area contributed by atoms with Crippen LogP contribution in [0.25, 0.3) is 0 Å². The number of hydrogen-bond acceptors (Lipinski definition) is 8. The zero-order chi connectivity index (χ0) is 26.7. The van der Waals surface area contributed by atoms with Gasteiger partial charge in [0.05, 0.1) is 11.5 Å². The normalized spacial score (nSPS) is 28.4. The van der Waals surface area contributed by atoms with E-state index in [0.717, 1.165) is 11.1 Å². The quantitative estimate of drug-likeness (QED) is 0.419.